The lowest BCUT2D eigenvalue weighted by Crippen LogP contribution is -1.94. The number of fused-ring (bicyclic) bond motifs is 1. The molecule has 0 atom stereocenters. The van der Waals surface area contributed by atoms with Crippen LogP contribution in [0.5, 0.6) is 0 Å². The fourth-order valence-corrected chi connectivity index (χ4v) is 2.33. The zero-order valence-corrected chi connectivity index (χ0v) is 12.1. The Morgan fingerprint density at radius 2 is 1.95 bits per heavy atom. The largest absolute Gasteiger partial charge is 0.478 e. The minimum atomic E-state index is -1.00. The Labute approximate surface area is 129 Å². The van der Waals surface area contributed by atoms with Crippen molar-refractivity contribution in [3.05, 3.63) is 63.5 Å². The van der Waals surface area contributed by atoms with Gasteiger partial charge in [0.2, 0.25) is 0 Å². The minimum Gasteiger partial charge on any atom is -0.478 e. The minimum absolute atomic E-state index is 0.166. The first kappa shape index (κ1) is 13.9. The molecule has 106 valence electrons. The molecule has 4 nitrogen and oxygen atoms in total. The van der Waals surface area contributed by atoms with Crippen molar-refractivity contribution in [3.8, 4) is 0 Å². The van der Waals surface area contributed by atoms with E-state index >= 15 is 0 Å². The monoisotopic (exact) mass is 321 g/mol. The van der Waals surface area contributed by atoms with Gasteiger partial charge >= 0.3 is 5.97 Å². The molecular weight excluding hydrogens is 313 g/mol. The smallest absolute Gasteiger partial charge is 0.335 e. The summed E-state index contributed by atoms with van der Waals surface area (Å²) in [4.78, 5) is 15.2. The number of aromatic nitrogens is 1. The molecule has 3 rings (SSSR count). The van der Waals surface area contributed by atoms with Gasteiger partial charge in [0.25, 0.3) is 0 Å². The van der Waals surface area contributed by atoms with Gasteiger partial charge in [0.05, 0.1) is 15.6 Å². The molecule has 0 aliphatic heterocycles. The van der Waals surface area contributed by atoms with Crippen molar-refractivity contribution in [1.82, 2.24) is 4.98 Å². The van der Waals surface area contributed by atoms with Gasteiger partial charge in [0, 0.05) is 6.42 Å². The summed E-state index contributed by atoms with van der Waals surface area (Å²) in [6.07, 6.45) is 0.452. The van der Waals surface area contributed by atoms with E-state index in [2.05, 4.69) is 4.98 Å². The summed E-state index contributed by atoms with van der Waals surface area (Å²) in [5.74, 6) is -0.509. The maximum Gasteiger partial charge on any atom is 0.335 e. The lowest BCUT2D eigenvalue weighted by molar-refractivity contribution is 0.0697. The van der Waals surface area contributed by atoms with Crippen LogP contribution in [0, 0.1) is 0 Å². The third-order valence-electron chi connectivity index (χ3n) is 3.02. The van der Waals surface area contributed by atoms with Gasteiger partial charge in [-0.25, -0.2) is 9.78 Å². The van der Waals surface area contributed by atoms with Gasteiger partial charge in [-0.1, -0.05) is 29.3 Å². The molecule has 3 aromatic rings. The first-order chi connectivity index (χ1) is 10.0. The number of rotatable bonds is 3. The first-order valence-corrected chi connectivity index (χ1v) is 6.85. The Bertz CT molecular complexity index is 842. The number of oxazole rings is 1. The molecule has 1 N–H and O–H groups in total. The Balaban J connectivity index is 1.93. The topological polar surface area (TPSA) is 63.3 Å². The van der Waals surface area contributed by atoms with Gasteiger partial charge in [-0.05, 0) is 35.9 Å². The first-order valence-electron chi connectivity index (χ1n) is 6.09. The van der Waals surface area contributed by atoms with E-state index in [0.29, 0.717) is 33.5 Å². The van der Waals surface area contributed by atoms with Crippen molar-refractivity contribution in [2.45, 2.75) is 6.42 Å². The third-order valence-corrected chi connectivity index (χ3v) is 3.76. The number of carboxylic acids is 1. The molecule has 0 bridgehead atoms. The van der Waals surface area contributed by atoms with Crippen LogP contribution in [0.25, 0.3) is 11.1 Å². The highest BCUT2D eigenvalue weighted by atomic mass is 35.5. The fourth-order valence-electron chi connectivity index (χ4n) is 2.01. The van der Waals surface area contributed by atoms with Crippen LogP contribution < -0.4 is 0 Å². The lowest BCUT2D eigenvalue weighted by atomic mass is 10.1. The lowest BCUT2D eigenvalue weighted by Gasteiger charge is -2.00. The second kappa shape index (κ2) is 5.39. The second-order valence-corrected chi connectivity index (χ2v) is 5.33. The highest BCUT2D eigenvalue weighted by Gasteiger charge is 2.10. The zero-order chi connectivity index (χ0) is 15.0. The van der Waals surface area contributed by atoms with E-state index in [1.54, 1.807) is 18.2 Å². The van der Waals surface area contributed by atoms with Crippen molar-refractivity contribution in [3.63, 3.8) is 0 Å². The van der Waals surface area contributed by atoms with Crippen molar-refractivity contribution < 1.29 is 14.3 Å². The van der Waals surface area contributed by atoms with Gasteiger partial charge in [0.15, 0.2) is 11.5 Å². The predicted octanol–water partition coefficient (Wildman–Crippen LogP) is 4.42. The molecule has 21 heavy (non-hydrogen) atoms. The molecule has 1 heterocycles. The van der Waals surface area contributed by atoms with Crippen LogP contribution in [0.15, 0.2) is 40.8 Å². The van der Waals surface area contributed by atoms with Crippen LogP contribution >= 0.6 is 23.2 Å². The van der Waals surface area contributed by atoms with Gasteiger partial charge in [0.1, 0.15) is 5.52 Å². The van der Waals surface area contributed by atoms with Gasteiger partial charge < -0.3 is 9.52 Å². The number of carboxylic acid groups (broad SMARTS) is 1. The summed E-state index contributed by atoms with van der Waals surface area (Å²) in [5.41, 5.74) is 2.15. The molecule has 0 unspecified atom stereocenters. The third kappa shape index (κ3) is 2.86. The molecule has 6 heteroatoms. The van der Waals surface area contributed by atoms with Crippen LogP contribution in [0.4, 0.5) is 0 Å². The molecule has 0 aliphatic carbocycles. The summed E-state index contributed by atoms with van der Waals surface area (Å²) in [6.45, 7) is 0. The van der Waals surface area contributed by atoms with E-state index in [0.717, 1.165) is 5.56 Å². The van der Waals surface area contributed by atoms with E-state index in [1.165, 1.54) is 12.1 Å². The number of hydrogen-bond donors (Lipinski definition) is 1. The van der Waals surface area contributed by atoms with Crippen LogP contribution in [-0.2, 0) is 6.42 Å². The average molecular weight is 322 g/mol. The van der Waals surface area contributed by atoms with Gasteiger partial charge in [-0.3, -0.25) is 0 Å². The van der Waals surface area contributed by atoms with E-state index < -0.39 is 5.97 Å². The number of aromatic carboxylic acids is 1. The highest BCUT2D eigenvalue weighted by molar-refractivity contribution is 6.42. The molecule has 1 aromatic heterocycles. The molecule has 0 amide bonds. The van der Waals surface area contributed by atoms with Crippen molar-refractivity contribution in [2.75, 3.05) is 0 Å². The standard InChI is InChI=1S/C15H9Cl2NO3/c16-10-3-1-8(5-11(10)17)6-14-18-12-4-2-9(15(19)20)7-13(12)21-14/h1-5,7H,6H2,(H,19,20). The van der Waals surface area contributed by atoms with Crippen molar-refractivity contribution in [2.24, 2.45) is 0 Å². The fraction of sp³-hybridized carbons (Fsp3) is 0.0667. The molecular formula is C15H9Cl2NO3. The van der Waals surface area contributed by atoms with E-state index in [-0.39, 0.29) is 5.56 Å². The number of nitrogens with zero attached hydrogens (tertiary/aromatic N) is 1. The number of hydrogen-bond acceptors (Lipinski definition) is 3. The van der Waals surface area contributed by atoms with Crippen molar-refractivity contribution in [1.29, 1.82) is 0 Å². The second-order valence-electron chi connectivity index (χ2n) is 4.52. The van der Waals surface area contributed by atoms with E-state index in [4.69, 9.17) is 32.7 Å². The molecule has 0 saturated carbocycles. The number of carbonyl (C=O) groups is 1. The quantitative estimate of drug-likeness (QED) is 0.775. The summed E-state index contributed by atoms with van der Waals surface area (Å²) in [7, 11) is 0. The molecule has 0 radical (unpaired) electrons. The molecule has 0 fully saturated rings. The predicted molar refractivity (Wildman–Crippen MR) is 80.2 cm³/mol. The summed E-state index contributed by atoms with van der Waals surface area (Å²) < 4.78 is 5.58. The van der Waals surface area contributed by atoms with E-state index in [9.17, 15) is 4.79 Å². The summed E-state index contributed by atoms with van der Waals surface area (Å²) in [5, 5.41) is 9.91. The van der Waals surface area contributed by atoms with Gasteiger partial charge in [-0.15, -0.1) is 0 Å². The van der Waals surface area contributed by atoms with Crippen LogP contribution in [0.3, 0.4) is 0 Å². The maximum atomic E-state index is 10.9. The molecule has 0 spiro atoms. The Kier molecular flexibility index (Phi) is 3.57. The van der Waals surface area contributed by atoms with E-state index in [1.807, 2.05) is 6.07 Å². The number of benzene rings is 2. The SMILES string of the molecule is O=C(O)c1ccc2nc(Cc3ccc(Cl)c(Cl)c3)oc2c1. The number of halogens is 2. The zero-order valence-electron chi connectivity index (χ0n) is 10.6. The Hall–Kier alpha value is -2.04. The summed E-state index contributed by atoms with van der Waals surface area (Å²) >= 11 is 11.8. The molecule has 0 saturated heterocycles. The Morgan fingerprint density at radius 1 is 1.14 bits per heavy atom. The highest BCUT2D eigenvalue weighted by Crippen LogP contribution is 2.25. The van der Waals surface area contributed by atoms with Crippen molar-refractivity contribution >= 4 is 40.3 Å². The average Bonchev–Trinajstić information content (AvgIpc) is 2.84. The molecule has 2 aromatic carbocycles. The maximum absolute atomic E-state index is 10.9. The van der Waals surface area contributed by atoms with Crippen LogP contribution in [-0.4, -0.2) is 16.1 Å². The normalized spacial score (nSPS) is 11.0. The summed E-state index contributed by atoms with van der Waals surface area (Å²) in [6, 6.07) is 9.89. The molecule has 0 aliphatic rings. The van der Waals surface area contributed by atoms with Crippen LogP contribution in [0.2, 0.25) is 10.0 Å². The van der Waals surface area contributed by atoms with Crippen LogP contribution in [0.1, 0.15) is 21.8 Å². The Morgan fingerprint density at radius 3 is 2.67 bits per heavy atom. The van der Waals surface area contributed by atoms with Gasteiger partial charge in [-0.2, -0.15) is 0 Å².